The number of hydrogen-bond donors (Lipinski definition) is 2. The van der Waals surface area contributed by atoms with Crippen molar-refractivity contribution in [2.24, 2.45) is 0 Å². The second-order valence-corrected chi connectivity index (χ2v) is 7.74. The minimum atomic E-state index is -0.773. The Labute approximate surface area is 155 Å². The molecule has 0 aliphatic heterocycles. The van der Waals surface area contributed by atoms with Crippen LogP contribution in [0.25, 0.3) is 10.2 Å². The molecule has 3 aromatic rings. The molecular weight excluding hydrogens is 408 g/mol. The Morgan fingerprint density at radius 3 is 2.84 bits per heavy atom. The lowest BCUT2D eigenvalue weighted by Gasteiger charge is -2.13. The average molecular weight is 423 g/mol. The molecule has 2 heterocycles. The minimum absolute atomic E-state index is 0.0347. The van der Waals surface area contributed by atoms with Gasteiger partial charge in [-0.1, -0.05) is 15.9 Å². The summed E-state index contributed by atoms with van der Waals surface area (Å²) in [5, 5.41) is 10.4. The Hall–Kier alpha value is -2.19. The number of halogens is 1. The number of rotatable bonds is 3. The predicted molar refractivity (Wildman–Crippen MR) is 99.4 cm³/mol. The first-order chi connectivity index (χ1) is 11.8. The van der Waals surface area contributed by atoms with Crippen LogP contribution in [0.4, 0.5) is 0 Å². The van der Waals surface area contributed by atoms with Gasteiger partial charge in [0, 0.05) is 9.35 Å². The number of aromatic nitrogens is 2. The number of H-pyrrole nitrogens is 1. The number of benzene rings is 1. The maximum atomic E-state index is 12.3. The van der Waals surface area contributed by atoms with Crippen LogP contribution in [-0.4, -0.2) is 21.0 Å². The number of carbonyl (C=O) groups is 1. The molecule has 130 valence electrons. The zero-order chi connectivity index (χ0) is 18.3. The van der Waals surface area contributed by atoms with Crippen LogP contribution in [0.15, 0.2) is 27.5 Å². The highest BCUT2D eigenvalue weighted by Crippen LogP contribution is 2.28. The van der Waals surface area contributed by atoms with Crippen LogP contribution in [0.5, 0.6) is 5.75 Å². The van der Waals surface area contributed by atoms with Crippen LogP contribution in [-0.2, 0) is 4.74 Å². The fourth-order valence-electron chi connectivity index (χ4n) is 2.42. The molecule has 2 N–H and O–H groups in total. The summed E-state index contributed by atoms with van der Waals surface area (Å²) in [4.78, 5) is 33.3. The lowest BCUT2D eigenvalue weighted by atomic mass is 10.2. The van der Waals surface area contributed by atoms with Gasteiger partial charge in [-0.25, -0.2) is 9.78 Å². The molecule has 8 heteroatoms. The van der Waals surface area contributed by atoms with Crippen LogP contribution in [0.2, 0.25) is 0 Å². The Morgan fingerprint density at radius 2 is 2.12 bits per heavy atom. The van der Waals surface area contributed by atoms with Crippen LogP contribution < -0.4 is 5.56 Å². The van der Waals surface area contributed by atoms with E-state index in [1.807, 2.05) is 13.8 Å². The van der Waals surface area contributed by atoms with Crippen molar-refractivity contribution in [3.8, 4) is 5.75 Å². The monoisotopic (exact) mass is 422 g/mol. The van der Waals surface area contributed by atoms with Crippen LogP contribution in [0, 0.1) is 13.8 Å². The number of phenols is 1. The SMILES string of the molecule is Cc1sc2nc(C(C)OC(=O)c3cc(Br)ccc3O)[nH]c(=O)c2c1C. The molecular formula is C17H15BrN2O4S. The smallest absolute Gasteiger partial charge is 0.342 e. The minimum Gasteiger partial charge on any atom is -0.507 e. The maximum Gasteiger partial charge on any atom is 0.342 e. The summed E-state index contributed by atoms with van der Waals surface area (Å²) in [5.74, 6) is -0.615. The number of phenolic OH excluding ortho intramolecular Hbond substituents is 1. The molecule has 2 aromatic heterocycles. The van der Waals surface area contributed by atoms with Crippen molar-refractivity contribution in [3.05, 3.63) is 54.9 Å². The van der Waals surface area contributed by atoms with Gasteiger partial charge in [-0.05, 0) is 44.5 Å². The Morgan fingerprint density at radius 1 is 1.40 bits per heavy atom. The highest BCUT2D eigenvalue weighted by atomic mass is 79.9. The number of aromatic hydroxyl groups is 1. The molecule has 0 amide bonds. The van der Waals surface area contributed by atoms with Gasteiger partial charge >= 0.3 is 5.97 Å². The van der Waals surface area contributed by atoms with E-state index >= 15 is 0 Å². The molecule has 0 saturated carbocycles. The topological polar surface area (TPSA) is 92.3 Å². The van der Waals surface area contributed by atoms with Gasteiger partial charge in [-0.3, -0.25) is 4.79 Å². The zero-order valence-corrected chi connectivity index (χ0v) is 16.1. The van der Waals surface area contributed by atoms with Gasteiger partial charge in [-0.15, -0.1) is 11.3 Å². The highest BCUT2D eigenvalue weighted by molar-refractivity contribution is 9.10. The number of ether oxygens (including phenoxy) is 1. The summed E-state index contributed by atoms with van der Waals surface area (Å²) in [6.07, 6.45) is -0.773. The molecule has 0 saturated heterocycles. The average Bonchev–Trinajstić information content (AvgIpc) is 2.84. The standard InChI is InChI=1S/C17H15BrN2O4S/c1-7-9(3)25-16-13(7)15(22)19-14(20-16)8(2)24-17(23)11-6-10(18)4-5-12(11)21/h4-6,8,21H,1-3H3,(H,19,20,22). The van der Waals surface area contributed by atoms with Gasteiger partial charge < -0.3 is 14.8 Å². The number of carbonyl (C=O) groups excluding carboxylic acids is 1. The van der Waals surface area contributed by atoms with Crippen molar-refractivity contribution in [1.82, 2.24) is 9.97 Å². The van der Waals surface area contributed by atoms with E-state index in [1.165, 1.54) is 23.5 Å². The van der Waals surface area contributed by atoms with E-state index in [1.54, 1.807) is 13.0 Å². The summed E-state index contributed by atoms with van der Waals surface area (Å²) in [6, 6.07) is 4.48. The molecule has 1 unspecified atom stereocenters. The molecule has 1 atom stereocenters. The third-order valence-corrected chi connectivity index (χ3v) is 5.50. The normalized spacial score (nSPS) is 12.3. The first-order valence-corrected chi connectivity index (χ1v) is 9.08. The molecule has 0 bridgehead atoms. The Bertz CT molecular complexity index is 1040. The number of nitrogens with zero attached hydrogens (tertiary/aromatic N) is 1. The van der Waals surface area contributed by atoms with Gasteiger partial charge in [0.1, 0.15) is 16.1 Å². The summed E-state index contributed by atoms with van der Waals surface area (Å²) >= 11 is 4.67. The van der Waals surface area contributed by atoms with Crippen LogP contribution in [0.1, 0.15) is 39.7 Å². The lowest BCUT2D eigenvalue weighted by Crippen LogP contribution is -2.17. The molecule has 0 spiro atoms. The lowest BCUT2D eigenvalue weighted by molar-refractivity contribution is 0.0317. The molecule has 6 nitrogen and oxygen atoms in total. The van der Waals surface area contributed by atoms with Gasteiger partial charge in [0.15, 0.2) is 11.9 Å². The van der Waals surface area contributed by atoms with E-state index in [0.29, 0.717) is 14.7 Å². The number of aromatic amines is 1. The number of esters is 1. The largest absolute Gasteiger partial charge is 0.507 e. The first-order valence-electron chi connectivity index (χ1n) is 7.47. The van der Waals surface area contributed by atoms with Crippen molar-refractivity contribution < 1.29 is 14.6 Å². The molecule has 0 radical (unpaired) electrons. The van der Waals surface area contributed by atoms with E-state index in [4.69, 9.17) is 4.74 Å². The number of nitrogens with one attached hydrogen (secondary N) is 1. The van der Waals surface area contributed by atoms with Gasteiger partial charge in [0.25, 0.3) is 5.56 Å². The third kappa shape index (κ3) is 3.32. The van der Waals surface area contributed by atoms with E-state index in [2.05, 4.69) is 25.9 Å². The van der Waals surface area contributed by atoms with Crippen molar-refractivity contribution in [2.75, 3.05) is 0 Å². The summed E-state index contributed by atoms with van der Waals surface area (Å²) in [7, 11) is 0. The Kier molecular flexibility index (Phi) is 4.66. The van der Waals surface area contributed by atoms with Crippen molar-refractivity contribution in [1.29, 1.82) is 0 Å². The fourth-order valence-corrected chi connectivity index (χ4v) is 3.81. The summed E-state index contributed by atoms with van der Waals surface area (Å²) < 4.78 is 5.99. The number of aryl methyl sites for hydroxylation is 2. The van der Waals surface area contributed by atoms with Crippen LogP contribution in [0.3, 0.4) is 0 Å². The second kappa shape index (κ2) is 6.61. The predicted octanol–water partition coefficient (Wildman–Crippen LogP) is 3.99. The quantitative estimate of drug-likeness (QED) is 0.622. The van der Waals surface area contributed by atoms with E-state index in [9.17, 15) is 14.7 Å². The van der Waals surface area contributed by atoms with E-state index < -0.39 is 12.1 Å². The van der Waals surface area contributed by atoms with Crippen molar-refractivity contribution in [2.45, 2.75) is 26.9 Å². The van der Waals surface area contributed by atoms with E-state index in [-0.39, 0.29) is 22.7 Å². The number of hydrogen-bond acceptors (Lipinski definition) is 6. The summed E-state index contributed by atoms with van der Waals surface area (Å²) in [5.41, 5.74) is 0.687. The maximum absolute atomic E-state index is 12.3. The van der Waals surface area contributed by atoms with Crippen molar-refractivity contribution in [3.63, 3.8) is 0 Å². The summed E-state index contributed by atoms with van der Waals surface area (Å²) in [6.45, 7) is 5.43. The Balaban J connectivity index is 1.92. The second-order valence-electron chi connectivity index (χ2n) is 5.62. The molecule has 25 heavy (non-hydrogen) atoms. The molecule has 0 fully saturated rings. The zero-order valence-electron chi connectivity index (χ0n) is 13.7. The molecule has 0 aliphatic carbocycles. The number of fused-ring (bicyclic) bond motifs is 1. The molecule has 1 aromatic carbocycles. The van der Waals surface area contributed by atoms with Gasteiger partial charge in [-0.2, -0.15) is 0 Å². The third-order valence-electron chi connectivity index (χ3n) is 3.90. The molecule has 3 rings (SSSR count). The number of thiophene rings is 1. The molecule has 0 aliphatic rings. The fraction of sp³-hybridized carbons (Fsp3) is 0.235. The van der Waals surface area contributed by atoms with Crippen LogP contribution >= 0.6 is 27.3 Å². The van der Waals surface area contributed by atoms with Gasteiger partial charge in [0.2, 0.25) is 0 Å². The first kappa shape index (κ1) is 17.6. The van der Waals surface area contributed by atoms with Crippen molar-refractivity contribution >= 4 is 43.5 Å². The van der Waals surface area contributed by atoms with E-state index in [0.717, 1.165) is 10.4 Å². The van der Waals surface area contributed by atoms with Gasteiger partial charge in [0.05, 0.1) is 5.39 Å². The highest BCUT2D eigenvalue weighted by Gasteiger charge is 2.20.